The van der Waals surface area contributed by atoms with Crippen molar-refractivity contribution < 1.29 is 9.53 Å². The second-order valence-corrected chi connectivity index (χ2v) is 4.43. The molecule has 1 N–H and O–H groups in total. The van der Waals surface area contributed by atoms with Gasteiger partial charge in [0, 0.05) is 17.1 Å². The highest BCUT2D eigenvalue weighted by Gasteiger charge is 2.10. The van der Waals surface area contributed by atoms with E-state index in [-0.39, 0.29) is 11.6 Å². The van der Waals surface area contributed by atoms with Gasteiger partial charge in [-0.05, 0) is 11.5 Å². The maximum atomic E-state index is 12.3. The number of amides is 1. The van der Waals surface area contributed by atoms with Gasteiger partial charge in [0.15, 0.2) is 0 Å². The SMILES string of the molecule is COc1cc(C(=O)Nc2cccc3ccccc23)ncn1. The van der Waals surface area contributed by atoms with Crippen LogP contribution in [-0.4, -0.2) is 23.0 Å². The summed E-state index contributed by atoms with van der Waals surface area (Å²) in [6, 6.07) is 15.1. The molecule has 0 spiro atoms. The largest absolute Gasteiger partial charge is 0.481 e. The minimum Gasteiger partial charge on any atom is -0.481 e. The molecule has 2 aromatic carbocycles. The van der Waals surface area contributed by atoms with Gasteiger partial charge in [0.05, 0.1) is 7.11 Å². The summed E-state index contributed by atoms with van der Waals surface area (Å²) in [5, 5.41) is 4.91. The molecule has 0 aliphatic rings. The highest BCUT2D eigenvalue weighted by atomic mass is 16.5. The maximum absolute atomic E-state index is 12.3. The third kappa shape index (κ3) is 2.67. The first-order valence-electron chi connectivity index (χ1n) is 6.43. The fraction of sp³-hybridized carbons (Fsp3) is 0.0625. The highest BCUT2D eigenvalue weighted by molar-refractivity contribution is 6.08. The predicted octanol–water partition coefficient (Wildman–Crippen LogP) is 2.89. The molecule has 0 aliphatic heterocycles. The van der Waals surface area contributed by atoms with E-state index in [1.165, 1.54) is 19.5 Å². The number of anilines is 1. The van der Waals surface area contributed by atoms with E-state index >= 15 is 0 Å². The number of nitrogens with one attached hydrogen (secondary N) is 1. The Kier molecular flexibility index (Phi) is 3.47. The van der Waals surface area contributed by atoms with Gasteiger partial charge in [-0.3, -0.25) is 4.79 Å². The van der Waals surface area contributed by atoms with Crippen LogP contribution < -0.4 is 10.1 Å². The van der Waals surface area contributed by atoms with Crippen LogP contribution in [0, 0.1) is 0 Å². The molecular formula is C16H13N3O2. The molecule has 0 unspecified atom stereocenters. The number of rotatable bonds is 3. The van der Waals surface area contributed by atoms with Crippen LogP contribution in [0.5, 0.6) is 5.88 Å². The molecule has 3 rings (SSSR count). The fourth-order valence-electron chi connectivity index (χ4n) is 2.10. The van der Waals surface area contributed by atoms with E-state index in [0.717, 1.165) is 16.5 Å². The second kappa shape index (κ2) is 5.58. The van der Waals surface area contributed by atoms with Gasteiger partial charge in [0.1, 0.15) is 12.0 Å². The summed E-state index contributed by atoms with van der Waals surface area (Å²) in [7, 11) is 1.49. The number of methoxy groups -OCH3 is 1. The van der Waals surface area contributed by atoms with E-state index in [1.807, 2.05) is 42.5 Å². The molecular weight excluding hydrogens is 266 g/mol. The number of benzene rings is 2. The van der Waals surface area contributed by atoms with Gasteiger partial charge in [-0.15, -0.1) is 0 Å². The smallest absolute Gasteiger partial charge is 0.274 e. The van der Waals surface area contributed by atoms with Crippen molar-refractivity contribution in [1.82, 2.24) is 9.97 Å². The predicted molar refractivity (Wildman–Crippen MR) is 80.5 cm³/mol. The molecule has 5 nitrogen and oxygen atoms in total. The molecule has 0 fully saturated rings. The Labute approximate surface area is 121 Å². The lowest BCUT2D eigenvalue weighted by atomic mass is 10.1. The molecule has 21 heavy (non-hydrogen) atoms. The monoisotopic (exact) mass is 279 g/mol. The summed E-state index contributed by atoms with van der Waals surface area (Å²) in [6.07, 6.45) is 1.30. The van der Waals surface area contributed by atoms with E-state index in [1.54, 1.807) is 0 Å². The Morgan fingerprint density at radius 2 is 1.90 bits per heavy atom. The minimum atomic E-state index is -0.299. The number of hydrogen-bond acceptors (Lipinski definition) is 4. The Morgan fingerprint density at radius 3 is 2.76 bits per heavy atom. The van der Waals surface area contributed by atoms with Crippen molar-refractivity contribution in [3.63, 3.8) is 0 Å². The van der Waals surface area contributed by atoms with Gasteiger partial charge < -0.3 is 10.1 Å². The number of aromatic nitrogens is 2. The van der Waals surface area contributed by atoms with Crippen molar-refractivity contribution in [2.24, 2.45) is 0 Å². The van der Waals surface area contributed by atoms with Crippen molar-refractivity contribution in [1.29, 1.82) is 0 Å². The molecule has 0 aliphatic carbocycles. The standard InChI is InChI=1S/C16H13N3O2/c1-21-15-9-14(17-10-18-15)16(20)19-13-8-4-6-11-5-2-3-7-12(11)13/h2-10H,1H3,(H,19,20). The van der Waals surface area contributed by atoms with Crippen molar-refractivity contribution in [3.05, 3.63) is 60.6 Å². The second-order valence-electron chi connectivity index (χ2n) is 4.43. The highest BCUT2D eigenvalue weighted by Crippen LogP contribution is 2.23. The summed E-state index contributed by atoms with van der Waals surface area (Å²) in [5.74, 6) is 0.0557. The van der Waals surface area contributed by atoms with E-state index in [2.05, 4.69) is 15.3 Å². The molecule has 5 heteroatoms. The topological polar surface area (TPSA) is 64.1 Å². The molecule has 1 amide bonds. The number of ether oxygens (including phenoxy) is 1. The Bertz CT molecular complexity index is 797. The lowest BCUT2D eigenvalue weighted by Crippen LogP contribution is -2.14. The van der Waals surface area contributed by atoms with Gasteiger partial charge in [0.2, 0.25) is 5.88 Å². The zero-order chi connectivity index (χ0) is 14.7. The first-order chi connectivity index (χ1) is 10.3. The Hall–Kier alpha value is -2.95. The number of nitrogens with zero attached hydrogens (tertiary/aromatic N) is 2. The summed E-state index contributed by atoms with van der Waals surface area (Å²) < 4.78 is 4.99. The van der Waals surface area contributed by atoms with Crippen LogP contribution in [0.15, 0.2) is 54.9 Å². The van der Waals surface area contributed by atoms with Gasteiger partial charge in [0.25, 0.3) is 5.91 Å². The summed E-state index contributed by atoms with van der Waals surface area (Å²) in [5.41, 5.74) is 1.01. The Balaban J connectivity index is 1.93. The van der Waals surface area contributed by atoms with E-state index in [9.17, 15) is 4.79 Å². The van der Waals surface area contributed by atoms with Gasteiger partial charge >= 0.3 is 0 Å². The van der Waals surface area contributed by atoms with Crippen LogP contribution in [0.3, 0.4) is 0 Å². The molecule has 1 aromatic heterocycles. The first-order valence-corrected chi connectivity index (χ1v) is 6.43. The van der Waals surface area contributed by atoms with Crippen LogP contribution >= 0.6 is 0 Å². The fourth-order valence-corrected chi connectivity index (χ4v) is 2.10. The average molecular weight is 279 g/mol. The van der Waals surface area contributed by atoms with Crippen LogP contribution in [0.1, 0.15) is 10.5 Å². The van der Waals surface area contributed by atoms with E-state index in [0.29, 0.717) is 5.88 Å². The van der Waals surface area contributed by atoms with Crippen LogP contribution in [0.4, 0.5) is 5.69 Å². The molecule has 0 saturated heterocycles. The van der Waals surface area contributed by atoms with Crippen molar-refractivity contribution in [2.45, 2.75) is 0 Å². The van der Waals surface area contributed by atoms with Crippen LogP contribution in [0.25, 0.3) is 10.8 Å². The molecule has 0 saturated carbocycles. The summed E-state index contributed by atoms with van der Waals surface area (Å²) in [6.45, 7) is 0. The summed E-state index contributed by atoms with van der Waals surface area (Å²) in [4.78, 5) is 20.1. The quantitative estimate of drug-likeness (QED) is 0.800. The van der Waals surface area contributed by atoms with Gasteiger partial charge in [-0.1, -0.05) is 36.4 Å². The number of hydrogen-bond donors (Lipinski definition) is 1. The van der Waals surface area contributed by atoms with Crippen LogP contribution in [-0.2, 0) is 0 Å². The molecule has 1 heterocycles. The number of fused-ring (bicyclic) bond motifs is 1. The zero-order valence-electron chi connectivity index (χ0n) is 11.4. The molecule has 0 radical (unpaired) electrons. The lowest BCUT2D eigenvalue weighted by Gasteiger charge is -2.08. The zero-order valence-corrected chi connectivity index (χ0v) is 11.4. The average Bonchev–Trinajstić information content (AvgIpc) is 2.55. The van der Waals surface area contributed by atoms with Crippen molar-refractivity contribution in [2.75, 3.05) is 12.4 Å². The molecule has 0 atom stereocenters. The van der Waals surface area contributed by atoms with Crippen molar-refractivity contribution in [3.8, 4) is 5.88 Å². The molecule has 3 aromatic rings. The third-order valence-electron chi connectivity index (χ3n) is 3.12. The molecule has 0 bridgehead atoms. The minimum absolute atomic E-state index is 0.259. The molecule has 104 valence electrons. The van der Waals surface area contributed by atoms with Crippen molar-refractivity contribution >= 4 is 22.4 Å². The van der Waals surface area contributed by atoms with E-state index < -0.39 is 0 Å². The number of carbonyl (C=O) groups is 1. The third-order valence-corrected chi connectivity index (χ3v) is 3.12. The summed E-state index contributed by atoms with van der Waals surface area (Å²) >= 11 is 0. The normalized spacial score (nSPS) is 10.3. The van der Waals surface area contributed by atoms with Crippen LogP contribution in [0.2, 0.25) is 0 Å². The van der Waals surface area contributed by atoms with Gasteiger partial charge in [-0.2, -0.15) is 0 Å². The first kappa shape index (κ1) is 13.1. The maximum Gasteiger partial charge on any atom is 0.274 e. The van der Waals surface area contributed by atoms with E-state index in [4.69, 9.17) is 4.74 Å². The number of carbonyl (C=O) groups excluding carboxylic acids is 1. The lowest BCUT2D eigenvalue weighted by molar-refractivity contribution is 0.102. The van der Waals surface area contributed by atoms with Gasteiger partial charge in [-0.25, -0.2) is 9.97 Å². The Morgan fingerprint density at radius 1 is 1.10 bits per heavy atom.